The standard InChI is InChI=1S/C52H60N10O7/c1-30(2)43(57-50(65)68-5)48(63)60-24-10-14-41(60)46-53-37-22-20-35(28-39(37)55-46)45(34-18-16-33(17-19-34)32-12-8-7-9-13-32)62-27-26-59(52(62)67)36-21-23-38-40(29-36)56-47(54-38)42-15-11-25-61(42)49(64)44(31(3)4)58-51(66)69-6/h7-9,12-13,16-23,28-31,41-45H,10-11,14-15,24-27H2,1-6H3,(H,53,55)(H,54,56)(H,57,65)(H,58,66). The fourth-order valence-corrected chi connectivity index (χ4v) is 10.2. The van der Waals surface area contributed by atoms with Crippen LogP contribution in [0.3, 0.4) is 0 Å². The Morgan fingerprint density at radius 3 is 1.67 bits per heavy atom. The van der Waals surface area contributed by atoms with Crippen molar-refractivity contribution in [3.05, 3.63) is 114 Å². The number of aromatic nitrogens is 4. The summed E-state index contributed by atoms with van der Waals surface area (Å²) in [5.41, 5.74) is 7.70. The van der Waals surface area contributed by atoms with Crippen LogP contribution in [-0.2, 0) is 19.1 Å². The molecule has 5 unspecified atom stereocenters. The lowest BCUT2D eigenvalue weighted by Crippen LogP contribution is -2.51. The summed E-state index contributed by atoms with van der Waals surface area (Å²) in [7, 11) is 2.56. The number of hydrogen-bond donors (Lipinski definition) is 4. The summed E-state index contributed by atoms with van der Waals surface area (Å²) >= 11 is 0. The van der Waals surface area contributed by atoms with E-state index in [0.717, 1.165) is 69.3 Å². The number of nitrogens with zero attached hydrogens (tertiary/aromatic N) is 6. The quantitative estimate of drug-likeness (QED) is 0.0881. The molecule has 360 valence electrons. The minimum Gasteiger partial charge on any atom is -0.453 e. The number of carbonyl (C=O) groups is 5. The van der Waals surface area contributed by atoms with Gasteiger partial charge in [0.1, 0.15) is 23.7 Å². The molecule has 3 saturated heterocycles. The Morgan fingerprint density at radius 2 is 1.13 bits per heavy atom. The number of rotatable bonds is 13. The van der Waals surface area contributed by atoms with Crippen molar-refractivity contribution in [3.63, 3.8) is 0 Å². The maximum absolute atomic E-state index is 14.8. The number of likely N-dealkylation sites (tertiary alicyclic amines) is 2. The predicted octanol–water partition coefficient (Wildman–Crippen LogP) is 8.23. The van der Waals surface area contributed by atoms with Gasteiger partial charge in [0, 0.05) is 31.9 Å². The van der Waals surface area contributed by atoms with Gasteiger partial charge in [-0.05, 0) is 90.1 Å². The molecule has 0 saturated carbocycles. The maximum Gasteiger partial charge on any atom is 0.407 e. The Kier molecular flexibility index (Phi) is 13.3. The molecule has 5 heterocycles. The summed E-state index contributed by atoms with van der Waals surface area (Å²) in [5.74, 6) is 0.646. The molecule has 6 amide bonds. The zero-order valence-corrected chi connectivity index (χ0v) is 39.9. The van der Waals surface area contributed by atoms with Gasteiger partial charge in [0.05, 0.1) is 54.4 Å². The minimum absolute atomic E-state index is 0.151. The Hall–Kier alpha value is -7.43. The van der Waals surface area contributed by atoms with Gasteiger partial charge in [-0.1, -0.05) is 88.4 Å². The van der Waals surface area contributed by atoms with E-state index in [1.807, 2.05) is 81.1 Å². The molecule has 9 rings (SSSR count). The van der Waals surface area contributed by atoms with Crippen LogP contribution >= 0.6 is 0 Å². The van der Waals surface area contributed by atoms with Crippen molar-refractivity contribution in [1.29, 1.82) is 0 Å². The van der Waals surface area contributed by atoms with Crippen molar-refractivity contribution in [2.75, 3.05) is 45.3 Å². The number of benzene rings is 4. The number of hydrogen-bond acceptors (Lipinski definition) is 9. The van der Waals surface area contributed by atoms with Crippen molar-refractivity contribution in [2.45, 2.75) is 83.6 Å². The van der Waals surface area contributed by atoms with Gasteiger partial charge in [-0.2, -0.15) is 0 Å². The van der Waals surface area contributed by atoms with E-state index in [1.165, 1.54) is 14.2 Å². The number of aromatic amines is 2. The molecular weight excluding hydrogens is 877 g/mol. The number of alkyl carbamates (subject to hydrolysis) is 2. The van der Waals surface area contributed by atoms with Crippen LogP contribution in [0.15, 0.2) is 91.0 Å². The van der Waals surface area contributed by atoms with Crippen LogP contribution in [0.5, 0.6) is 0 Å². The SMILES string of the molecule is COC(=O)NC(C(=O)N1CCCC1c1nc2ccc(C(c3ccc(-c4ccccc4)cc3)N3CCN(c4ccc5nc(C6CCCN6C(=O)C(NC(=O)OC)C(C)C)[nH]c5c4)C3=O)cc2[nH]1)C(C)C. The molecule has 3 aliphatic heterocycles. The molecule has 2 aromatic heterocycles. The number of carbonyl (C=O) groups excluding carboxylic acids is 5. The van der Waals surface area contributed by atoms with Crippen molar-refractivity contribution in [2.24, 2.45) is 11.8 Å². The molecule has 17 heteroatoms. The van der Waals surface area contributed by atoms with E-state index in [1.54, 1.807) is 14.7 Å². The van der Waals surface area contributed by atoms with Crippen molar-refractivity contribution in [1.82, 2.24) is 45.3 Å². The van der Waals surface area contributed by atoms with Gasteiger partial charge in [-0.3, -0.25) is 14.5 Å². The molecule has 4 aromatic carbocycles. The van der Waals surface area contributed by atoms with E-state index >= 15 is 0 Å². The molecule has 0 bridgehead atoms. The second-order valence-corrected chi connectivity index (χ2v) is 18.8. The third kappa shape index (κ3) is 9.29. The lowest BCUT2D eigenvalue weighted by molar-refractivity contribution is -0.136. The van der Waals surface area contributed by atoms with Crippen molar-refractivity contribution in [3.8, 4) is 11.1 Å². The van der Waals surface area contributed by atoms with Gasteiger partial charge in [-0.25, -0.2) is 24.4 Å². The normalized spacial score (nSPS) is 18.6. The van der Waals surface area contributed by atoms with Gasteiger partial charge in [-0.15, -0.1) is 0 Å². The Morgan fingerprint density at radius 1 is 0.623 bits per heavy atom. The lowest BCUT2D eigenvalue weighted by atomic mass is 9.94. The summed E-state index contributed by atoms with van der Waals surface area (Å²) in [5, 5.41) is 5.43. The van der Waals surface area contributed by atoms with Crippen LogP contribution in [0.2, 0.25) is 0 Å². The first-order chi connectivity index (χ1) is 33.3. The van der Waals surface area contributed by atoms with Crippen LogP contribution in [0, 0.1) is 11.8 Å². The first kappa shape index (κ1) is 46.7. The number of methoxy groups -OCH3 is 2. The third-order valence-electron chi connectivity index (χ3n) is 13.8. The smallest absolute Gasteiger partial charge is 0.407 e. The molecule has 4 N–H and O–H groups in total. The molecule has 69 heavy (non-hydrogen) atoms. The molecular formula is C52H60N10O7. The number of imidazole rings is 2. The van der Waals surface area contributed by atoms with Gasteiger partial charge in [0.25, 0.3) is 0 Å². The Labute approximate surface area is 400 Å². The molecule has 5 atom stereocenters. The van der Waals surface area contributed by atoms with Crippen LogP contribution in [0.4, 0.5) is 20.1 Å². The summed E-state index contributed by atoms with van der Waals surface area (Å²) in [6.07, 6.45) is 1.72. The molecule has 3 aliphatic rings. The second kappa shape index (κ2) is 19.7. The van der Waals surface area contributed by atoms with Crippen LogP contribution in [0.25, 0.3) is 33.2 Å². The topological polar surface area (TPSA) is 198 Å². The molecule has 0 radical (unpaired) electrons. The van der Waals surface area contributed by atoms with Crippen LogP contribution in [0.1, 0.15) is 94.3 Å². The first-order valence-corrected chi connectivity index (χ1v) is 23.9. The highest BCUT2D eigenvalue weighted by atomic mass is 16.5. The van der Waals surface area contributed by atoms with E-state index in [4.69, 9.17) is 19.4 Å². The summed E-state index contributed by atoms with van der Waals surface area (Å²) < 4.78 is 9.63. The fourth-order valence-electron chi connectivity index (χ4n) is 10.2. The fraction of sp³-hybridized carbons (Fsp3) is 0.404. The van der Waals surface area contributed by atoms with E-state index in [0.29, 0.717) is 44.2 Å². The largest absolute Gasteiger partial charge is 0.453 e. The first-order valence-electron chi connectivity index (χ1n) is 23.9. The molecule has 17 nitrogen and oxygen atoms in total. The number of urea groups is 1. The number of amides is 6. The van der Waals surface area contributed by atoms with E-state index in [2.05, 4.69) is 63.1 Å². The zero-order valence-electron chi connectivity index (χ0n) is 39.9. The van der Waals surface area contributed by atoms with Gasteiger partial charge >= 0.3 is 18.2 Å². The Balaban J connectivity index is 0.998. The number of nitrogens with one attached hydrogen (secondary N) is 4. The monoisotopic (exact) mass is 936 g/mol. The average Bonchev–Trinajstić information content (AvgIpc) is 4.22. The van der Waals surface area contributed by atoms with Crippen molar-refractivity contribution >= 4 is 57.8 Å². The molecule has 0 aliphatic carbocycles. The highest BCUT2D eigenvalue weighted by molar-refractivity contribution is 5.97. The number of anilines is 1. The summed E-state index contributed by atoms with van der Waals surface area (Å²) in [6, 6.07) is 27.6. The van der Waals surface area contributed by atoms with E-state index in [9.17, 15) is 24.0 Å². The molecule has 3 fully saturated rings. The van der Waals surface area contributed by atoms with Gasteiger partial charge in [0.15, 0.2) is 0 Å². The van der Waals surface area contributed by atoms with Crippen molar-refractivity contribution < 1.29 is 33.4 Å². The highest BCUT2D eigenvalue weighted by Gasteiger charge is 2.41. The second-order valence-electron chi connectivity index (χ2n) is 18.8. The summed E-state index contributed by atoms with van der Waals surface area (Å²) in [6.45, 7) is 9.54. The lowest BCUT2D eigenvalue weighted by Gasteiger charge is -2.30. The molecule has 6 aromatic rings. The van der Waals surface area contributed by atoms with Crippen LogP contribution < -0.4 is 15.5 Å². The third-order valence-corrected chi connectivity index (χ3v) is 13.8. The van der Waals surface area contributed by atoms with Gasteiger partial charge < -0.3 is 44.8 Å². The molecule has 0 spiro atoms. The minimum atomic E-state index is -0.749. The average molecular weight is 937 g/mol. The number of H-pyrrole nitrogens is 2. The number of fused-ring (bicyclic) bond motifs is 2. The Bertz CT molecular complexity index is 2860. The maximum atomic E-state index is 14.8. The number of ether oxygens (including phenoxy) is 2. The predicted molar refractivity (Wildman–Crippen MR) is 261 cm³/mol. The van der Waals surface area contributed by atoms with Gasteiger partial charge in [0.2, 0.25) is 11.8 Å². The summed E-state index contributed by atoms with van der Waals surface area (Å²) in [4.78, 5) is 91.1. The zero-order chi connectivity index (χ0) is 48.5. The van der Waals surface area contributed by atoms with E-state index in [-0.39, 0.29) is 41.8 Å². The van der Waals surface area contributed by atoms with Crippen LogP contribution in [-0.4, -0.2) is 117 Å². The highest BCUT2D eigenvalue weighted by Crippen LogP contribution is 2.39. The van der Waals surface area contributed by atoms with E-state index < -0.39 is 30.3 Å².